The number of nitrogens with zero attached hydrogens (tertiary/aromatic N) is 2. The van der Waals surface area contributed by atoms with E-state index in [2.05, 4.69) is 4.90 Å². The van der Waals surface area contributed by atoms with Crippen molar-refractivity contribution in [2.45, 2.75) is 18.9 Å². The molecule has 0 spiro atoms. The summed E-state index contributed by atoms with van der Waals surface area (Å²) in [6, 6.07) is 0. The molecule has 0 saturated carbocycles. The zero-order valence-corrected chi connectivity index (χ0v) is 12.7. The summed E-state index contributed by atoms with van der Waals surface area (Å²) in [5.41, 5.74) is 0. The van der Waals surface area contributed by atoms with E-state index in [9.17, 15) is 4.79 Å². The van der Waals surface area contributed by atoms with Gasteiger partial charge in [-0.3, -0.25) is 4.79 Å². The number of rotatable bonds is 3. The molecule has 3 aliphatic rings. The Hall–Kier alpha value is -0.690. The molecule has 1 amide bonds. The topological polar surface area (TPSA) is 51.2 Å². The minimum absolute atomic E-state index is 0.197. The maximum Gasteiger partial charge on any atom is 0.225 e. The number of likely N-dealkylation sites (tertiary alicyclic amines) is 1. The average Bonchev–Trinajstić information content (AvgIpc) is 2.57. The minimum Gasteiger partial charge on any atom is -0.378 e. The van der Waals surface area contributed by atoms with Gasteiger partial charge in [0.2, 0.25) is 5.91 Å². The Morgan fingerprint density at radius 2 is 1.71 bits per heavy atom. The highest BCUT2D eigenvalue weighted by Gasteiger charge is 2.30. The molecule has 0 N–H and O–H groups in total. The third kappa shape index (κ3) is 4.16. The van der Waals surface area contributed by atoms with Crippen LogP contribution in [0.2, 0.25) is 0 Å². The molecule has 0 aliphatic carbocycles. The summed E-state index contributed by atoms with van der Waals surface area (Å²) in [7, 11) is 0. The van der Waals surface area contributed by atoms with Crippen LogP contribution in [0.1, 0.15) is 12.8 Å². The Balaban J connectivity index is 1.40. The number of carbonyl (C=O) groups excluding carboxylic acids is 1. The van der Waals surface area contributed by atoms with Crippen LogP contribution in [0.4, 0.5) is 0 Å². The van der Waals surface area contributed by atoms with E-state index in [-0.39, 0.29) is 12.0 Å². The van der Waals surface area contributed by atoms with Crippen LogP contribution in [0.3, 0.4) is 0 Å². The van der Waals surface area contributed by atoms with Gasteiger partial charge in [0.25, 0.3) is 0 Å². The number of hydrogen-bond donors (Lipinski definition) is 0. The van der Waals surface area contributed by atoms with Crippen molar-refractivity contribution in [3.05, 3.63) is 0 Å². The number of morpholine rings is 1. The van der Waals surface area contributed by atoms with Gasteiger partial charge in [-0.25, -0.2) is 0 Å². The van der Waals surface area contributed by atoms with Crippen molar-refractivity contribution in [3.8, 4) is 0 Å². The molecule has 3 rings (SSSR count). The Bertz CT molecular complexity index is 333. The fourth-order valence-electron chi connectivity index (χ4n) is 3.33. The van der Waals surface area contributed by atoms with E-state index >= 15 is 0 Å². The molecule has 1 atom stereocenters. The average molecular weight is 298 g/mol. The van der Waals surface area contributed by atoms with E-state index in [1.807, 2.05) is 4.90 Å². The van der Waals surface area contributed by atoms with Gasteiger partial charge in [-0.2, -0.15) is 0 Å². The molecule has 0 aromatic carbocycles. The van der Waals surface area contributed by atoms with Crippen LogP contribution in [0.5, 0.6) is 0 Å². The van der Waals surface area contributed by atoms with Gasteiger partial charge in [0.15, 0.2) is 0 Å². The second-order valence-electron chi connectivity index (χ2n) is 6.08. The number of amides is 1. The van der Waals surface area contributed by atoms with Crippen LogP contribution >= 0.6 is 0 Å². The first-order valence-corrected chi connectivity index (χ1v) is 8.11. The molecule has 3 saturated heterocycles. The van der Waals surface area contributed by atoms with Crippen LogP contribution in [-0.4, -0.2) is 87.6 Å². The molecule has 0 bridgehead atoms. The first-order chi connectivity index (χ1) is 10.3. The third-order valence-corrected chi connectivity index (χ3v) is 4.61. The summed E-state index contributed by atoms with van der Waals surface area (Å²) in [5, 5.41) is 0. The van der Waals surface area contributed by atoms with Crippen LogP contribution in [0.15, 0.2) is 0 Å². The lowest BCUT2D eigenvalue weighted by Crippen LogP contribution is -2.48. The molecule has 0 unspecified atom stereocenters. The molecule has 0 aromatic rings. The van der Waals surface area contributed by atoms with E-state index in [1.165, 1.54) is 0 Å². The monoisotopic (exact) mass is 298 g/mol. The summed E-state index contributed by atoms with van der Waals surface area (Å²) in [5.74, 6) is 0.526. The fourth-order valence-corrected chi connectivity index (χ4v) is 3.33. The Morgan fingerprint density at radius 3 is 2.38 bits per heavy atom. The Labute approximate surface area is 126 Å². The highest BCUT2D eigenvalue weighted by atomic mass is 16.6. The second kappa shape index (κ2) is 7.54. The highest BCUT2D eigenvalue weighted by molar-refractivity contribution is 5.79. The largest absolute Gasteiger partial charge is 0.378 e. The lowest BCUT2D eigenvalue weighted by Gasteiger charge is -2.37. The van der Waals surface area contributed by atoms with Crippen molar-refractivity contribution in [3.63, 3.8) is 0 Å². The van der Waals surface area contributed by atoms with Crippen LogP contribution in [0, 0.1) is 5.92 Å². The third-order valence-electron chi connectivity index (χ3n) is 4.61. The number of hydrogen-bond acceptors (Lipinski definition) is 5. The van der Waals surface area contributed by atoms with E-state index in [0.717, 1.165) is 45.6 Å². The van der Waals surface area contributed by atoms with E-state index in [0.29, 0.717) is 38.9 Å². The number of ether oxygens (including phenoxy) is 3. The van der Waals surface area contributed by atoms with E-state index < -0.39 is 0 Å². The van der Waals surface area contributed by atoms with Crippen molar-refractivity contribution < 1.29 is 19.0 Å². The van der Waals surface area contributed by atoms with Gasteiger partial charge in [-0.1, -0.05) is 0 Å². The van der Waals surface area contributed by atoms with Crippen LogP contribution in [0.25, 0.3) is 0 Å². The van der Waals surface area contributed by atoms with E-state index in [4.69, 9.17) is 14.2 Å². The van der Waals surface area contributed by atoms with Crippen molar-refractivity contribution >= 4 is 5.91 Å². The SMILES string of the molecule is O=C(C1CCN(C[C@@H]2COCCO2)CC1)N1CCOCC1. The molecule has 6 heteroatoms. The summed E-state index contributed by atoms with van der Waals surface area (Å²) in [4.78, 5) is 16.8. The maximum absolute atomic E-state index is 12.5. The first-order valence-electron chi connectivity index (χ1n) is 8.11. The zero-order chi connectivity index (χ0) is 14.5. The summed E-state index contributed by atoms with van der Waals surface area (Å²) in [6.07, 6.45) is 2.12. The predicted molar refractivity (Wildman–Crippen MR) is 77.1 cm³/mol. The standard InChI is InChI=1S/C15H26N2O4/c18-15(17-5-7-19-8-6-17)13-1-3-16(4-2-13)11-14-12-20-9-10-21-14/h13-14H,1-12H2/t14-/m1/s1. The van der Waals surface area contributed by atoms with Crippen molar-refractivity contribution in [2.75, 3.05) is 65.8 Å². The summed E-state index contributed by atoms with van der Waals surface area (Å²) >= 11 is 0. The van der Waals surface area contributed by atoms with Crippen molar-refractivity contribution in [2.24, 2.45) is 5.92 Å². The molecule has 3 heterocycles. The van der Waals surface area contributed by atoms with Gasteiger partial charge in [0.1, 0.15) is 0 Å². The lowest BCUT2D eigenvalue weighted by molar-refractivity contribution is -0.141. The molecule has 21 heavy (non-hydrogen) atoms. The zero-order valence-electron chi connectivity index (χ0n) is 12.7. The van der Waals surface area contributed by atoms with Gasteiger partial charge in [-0.15, -0.1) is 0 Å². The summed E-state index contributed by atoms with van der Waals surface area (Å²) in [6.45, 7) is 7.90. The van der Waals surface area contributed by atoms with Gasteiger partial charge < -0.3 is 24.0 Å². The fraction of sp³-hybridized carbons (Fsp3) is 0.933. The predicted octanol–water partition coefficient (Wildman–Crippen LogP) is -0.0274. The molecular formula is C15H26N2O4. The number of piperidine rings is 1. The Kier molecular flexibility index (Phi) is 5.46. The minimum atomic E-state index is 0.197. The molecule has 0 radical (unpaired) electrons. The molecule has 120 valence electrons. The quantitative estimate of drug-likeness (QED) is 0.732. The highest BCUT2D eigenvalue weighted by Crippen LogP contribution is 2.21. The number of carbonyl (C=O) groups is 1. The van der Waals surface area contributed by atoms with Gasteiger partial charge >= 0.3 is 0 Å². The van der Waals surface area contributed by atoms with Gasteiger partial charge in [-0.05, 0) is 25.9 Å². The smallest absolute Gasteiger partial charge is 0.225 e. The Morgan fingerprint density at radius 1 is 0.952 bits per heavy atom. The maximum atomic E-state index is 12.5. The molecule has 3 fully saturated rings. The van der Waals surface area contributed by atoms with Crippen molar-refractivity contribution in [1.29, 1.82) is 0 Å². The molecule has 3 aliphatic heterocycles. The molecular weight excluding hydrogens is 272 g/mol. The van der Waals surface area contributed by atoms with E-state index in [1.54, 1.807) is 0 Å². The van der Waals surface area contributed by atoms with Crippen molar-refractivity contribution in [1.82, 2.24) is 9.80 Å². The van der Waals surface area contributed by atoms with Crippen LogP contribution < -0.4 is 0 Å². The second-order valence-corrected chi connectivity index (χ2v) is 6.08. The van der Waals surface area contributed by atoms with Gasteiger partial charge in [0, 0.05) is 25.6 Å². The lowest BCUT2D eigenvalue weighted by atomic mass is 9.95. The summed E-state index contributed by atoms with van der Waals surface area (Å²) < 4.78 is 16.4. The molecule has 6 nitrogen and oxygen atoms in total. The normalized spacial score (nSPS) is 29.5. The van der Waals surface area contributed by atoms with Gasteiger partial charge in [0.05, 0.1) is 39.1 Å². The van der Waals surface area contributed by atoms with Crippen LogP contribution in [-0.2, 0) is 19.0 Å². The first kappa shape index (κ1) is 15.2. The molecule has 0 aromatic heterocycles.